The number of nitrogens with zero attached hydrogens (tertiary/aromatic N) is 2. The van der Waals surface area contributed by atoms with Gasteiger partial charge in [0.1, 0.15) is 0 Å². The van der Waals surface area contributed by atoms with Gasteiger partial charge in [-0.2, -0.15) is 0 Å². The number of aryl methyl sites for hydroxylation is 1. The smallest absolute Gasteiger partial charge is 0.154 e. The fourth-order valence-electron chi connectivity index (χ4n) is 1.68. The molecule has 0 atom stereocenters. The second-order valence-electron chi connectivity index (χ2n) is 4.15. The minimum atomic E-state index is 0.628. The number of benzene rings is 2. The summed E-state index contributed by atoms with van der Waals surface area (Å²) in [5, 5.41) is 0. The molecule has 0 unspecified atom stereocenters. The Kier molecular flexibility index (Phi) is 4.02. The van der Waals surface area contributed by atoms with Gasteiger partial charge >= 0.3 is 0 Å². The molecule has 0 heterocycles. The van der Waals surface area contributed by atoms with Crippen molar-refractivity contribution in [2.24, 2.45) is 9.98 Å². The quantitative estimate of drug-likeness (QED) is 0.574. The second-order valence-corrected chi connectivity index (χ2v) is 4.15. The van der Waals surface area contributed by atoms with Gasteiger partial charge in [-0.3, -0.25) is 4.99 Å². The van der Waals surface area contributed by atoms with Crippen LogP contribution in [0, 0.1) is 6.92 Å². The summed E-state index contributed by atoms with van der Waals surface area (Å²) >= 11 is 0. The van der Waals surface area contributed by atoms with Crippen LogP contribution >= 0.6 is 0 Å². The fraction of sp³-hybridized carbons (Fsp3) is 0.125. The van der Waals surface area contributed by atoms with Crippen molar-refractivity contribution in [3.63, 3.8) is 0 Å². The highest BCUT2D eigenvalue weighted by atomic mass is 14.9. The van der Waals surface area contributed by atoms with Crippen molar-refractivity contribution in [1.29, 1.82) is 0 Å². The summed E-state index contributed by atoms with van der Waals surface area (Å²) in [6.07, 6.45) is 0. The number of aliphatic imine (C=N–C) groups is 2. The van der Waals surface area contributed by atoms with E-state index in [4.69, 9.17) is 0 Å². The van der Waals surface area contributed by atoms with Crippen molar-refractivity contribution < 1.29 is 0 Å². The zero-order chi connectivity index (χ0) is 12.8. The molecule has 90 valence electrons. The molecule has 0 aliphatic rings. The third kappa shape index (κ3) is 3.14. The average Bonchev–Trinajstić information content (AvgIpc) is 2.42. The lowest BCUT2D eigenvalue weighted by Gasteiger charge is -2.02. The van der Waals surface area contributed by atoms with Crippen LogP contribution in [0.4, 0.5) is 0 Å². The lowest BCUT2D eigenvalue weighted by molar-refractivity contribution is 1.06. The first kappa shape index (κ1) is 12.2. The standard InChI is InChI=1S/C16H16N2/c1-13-8-10-15(11-9-13)16(17-2)18-12-14-6-4-3-5-7-14/h3-11H,2,12H2,1H3. The van der Waals surface area contributed by atoms with Crippen LogP contribution in [0.15, 0.2) is 64.6 Å². The highest BCUT2D eigenvalue weighted by Crippen LogP contribution is 2.08. The molecule has 2 aromatic carbocycles. The van der Waals surface area contributed by atoms with Crippen molar-refractivity contribution in [3.05, 3.63) is 71.3 Å². The molecule has 2 rings (SSSR count). The van der Waals surface area contributed by atoms with E-state index >= 15 is 0 Å². The Morgan fingerprint density at radius 3 is 2.28 bits per heavy atom. The van der Waals surface area contributed by atoms with Crippen LogP contribution in [-0.4, -0.2) is 12.6 Å². The van der Waals surface area contributed by atoms with Crippen LogP contribution in [-0.2, 0) is 6.54 Å². The molecular formula is C16H16N2. The number of amidine groups is 1. The topological polar surface area (TPSA) is 24.7 Å². The zero-order valence-electron chi connectivity index (χ0n) is 10.5. The molecule has 0 aromatic heterocycles. The van der Waals surface area contributed by atoms with Crippen molar-refractivity contribution in [1.82, 2.24) is 0 Å². The van der Waals surface area contributed by atoms with Gasteiger partial charge in [-0.1, -0.05) is 60.2 Å². The van der Waals surface area contributed by atoms with E-state index in [9.17, 15) is 0 Å². The van der Waals surface area contributed by atoms with Gasteiger partial charge < -0.3 is 0 Å². The van der Waals surface area contributed by atoms with E-state index in [2.05, 4.69) is 47.9 Å². The Balaban J connectivity index is 2.18. The molecule has 18 heavy (non-hydrogen) atoms. The number of hydrogen-bond donors (Lipinski definition) is 0. The maximum absolute atomic E-state index is 4.50. The molecule has 0 aliphatic carbocycles. The van der Waals surface area contributed by atoms with Crippen LogP contribution < -0.4 is 0 Å². The first-order valence-electron chi connectivity index (χ1n) is 5.92. The summed E-state index contributed by atoms with van der Waals surface area (Å²) in [5.41, 5.74) is 3.41. The fourth-order valence-corrected chi connectivity index (χ4v) is 1.68. The number of hydrogen-bond acceptors (Lipinski definition) is 1. The largest absolute Gasteiger partial charge is 0.261 e. The van der Waals surface area contributed by atoms with Crippen molar-refractivity contribution in [2.75, 3.05) is 0 Å². The molecule has 2 heteroatoms. The maximum Gasteiger partial charge on any atom is 0.154 e. The van der Waals surface area contributed by atoms with Crippen molar-refractivity contribution in [3.8, 4) is 0 Å². The summed E-state index contributed by atoms with van der Waals surface area (Å²) in [6.45, 7) is 6.28. The molecule has 0 N–H and O–H groups in total. The summed E-state index contributed by atoms with van der Waals surface area (Å²) in [7, 11) is 0. The molecule has 0 radical (unpaired) electrons. The summed E-state index contributed by atoms with van der Waals surface area (Å²) in [4.78, 5) is 8.50. The van der Waals surface area contributed by atoms with Crippen LogP contribution in [0.5, 0.6) is 0 Å². The number of rotatable bonds is 3. The van der Waals surface area contributed by atoms with Gasteiger partial charge in [-0.05, 0) is 19.2 Å². The Morgan fingerprint density at radius 2 is 1.67 bits per heavy atom. The zero-order valence-corrected chi connectivity index (χ0v) is 10.5. The molecule has 0 bridgehead atoms. The molecule has 0 saturated heterocycles. The summed E-state index contributed by atoms with van der Waals surface area (Å²) < 4.78 is 0. The first-order valence-corrected chi connectivity index (χ1v) is 5.92. The van der Waals surface area contributed by atoms with Gasteiger partial charge in [0.2, 0.25) is 0 Å². The molecule has 2 aromatic rings. The lowest BCUT2D eigenvalue weighted by atomic mass is 10.1. The molecule has 0 fully saturated rings. The molecular weight excluding hydrogens is 220 g/mol. The van der Waals surface area contributed by atoms with E-state index in [-0.39, 0.29) is 0 Å². The highest BCUT2D eigenvalue weighted by molar-refractivity contribution is 6.01. The molecule has 0 aliphatic heterocycles. The Bertz CT molecular complexity index is 539. The van der Waals surface area contributed by atoms with Gasteiger partial charge in [0.05, 0.1) is 6.54 Å². The Morgan fingerprint density at radius 1 is 1.00 bits per heavy atom. The van der Waals surface area contributed by atoms with E-state index in [1.54, 1.807) is 0 Å². The van der Waals surface area contributed by atoms with Crippen LogP contribution in [0.1, 0.15) is 16.7 Å². The maximum atomic E-state index is 4.50. The summed E-state index contributed by atoms with van der Waals surface area (Å²) in [5.74, 6) is 0.693. The van der Waals surface area contributed by atoms with Gasteiger partial charge in [0, 0.05) is 5.56 Å². The highest BCUT2D eigenvalue weighted by Gasteiger charge is 2.00. The van der Waals surface area contributed by atoms with Crippen molar-refractivity contribution >= 4 is 12.6 Å². The van der Waals surface area contributed by atoms with Gasteiger partial charge in [-0.15, -0.1) is 0 Å². The SMILES string of the molecule is C=NC(=NCc1ccccc1)c1ccc(C)cc1. The first-order chi connectivity index (χ1) is 8.79. The predicted molar refractivity (Wildman–Crippen MR) is 77.4 cm³/mol. The second kappa shape index (κ2) is 5.92. The van der Waals surface area contributed by atoms with Crippen LogP contribution in [0.25, 0.3) is 0 Å². The van der Waals surface area contributed by atoms with E-state index in [1.165, 1.54) is 11.1 Å². The minimum absolute atomic E-state index is 0.628. The average molecular weight is 236 g/mol. The third-order valence-electron chi connectivity index (χ3n) is 2.71. The lowest BCUT2D eigenvalue weighted by Crippen LogP contribution is -1.97. The Labute approximate surface area is 108 Å². The van der Waals surface area contributed by atoms with E-state index < -0.39 is 0 Å². The van der Waals surface area contributed by atoms with E-state index in [1.807, 2.05) is 30.3 Å². The monoisotopic (exact) mass is 236 g/mol. The molecule has 0 amide bonds. The molecule has 0 saturated carbocycles. The molecule has 2 nitrogen and oxygen atoms in total. The van der Waals surface area contributed by atoms with Gasteiger partial charge in [0.25, 0.3) is 0 Å². The van der Waals surface area contributed by atoms with Crippen LogP contribution in [0.2, 0.25) is 0 Å². The van der Waals surface area contributed by atoms with Crippen LogP contribution in [0.3, 0.4) is 0 Å². The minimum Gasteiger partial charge on any atom is -0.261 e. The normalized spacial score (nSPS) is 11.3. The van der Waals surface area contributed by atoms with Gasteiger partial charge in [-0.25, -0.2) is 4.99 Å². The third-order valence-corrected chi connectivity index (χ3v) is 2.71. The van der Waals surface area contributed by atoms with Crippen molar-refractivity contribution in [2.45, 2.75) is 13.5 Å². The van der Waals surface area contributed by atoms with Gasteiger partial charge in [0.15, 0.2) is 5.84 Å². The predicted octanol–water partition coefficient (Wildman–Crippen LogP) is 3.64. The molecule has 0 spiro atoms. The summed E-state index contributed by atoms with van der Waals surface area (Å²) in [6, 6.07) is 18.3. The Hall–Kier alpha value is -2.22. The van der Waals surface area contributed by atoms with E-state index in [0.717, 1.165) is 5.56 Å². The van der Waals surface area contributed by atoms with E-state index in [0.29, 0.717) is 12.4 Å².